The SMILES string of the molecule is CC1CC(N2CCC(N)(C(=O)O)C2)CC(C)(C)C1. The summed E-state index contributed by atoms with van der Waals surface area (Å²) in [4.78, 5) is 13.5. The monoisotopic (exact) mass is 254 g/mol. The molecule has 4 nitrogen and oxygen atoms in total. The van der Waals surface area contributed by atoms with Crippen LogP contribution >= 0.6 is 0 Å². The summed E-state index contributed by atoms with van der Waals surface area (Å²) in [5, 5.41) is 9.19. The first-order valence-corrected chi connectivity index (χ1v) is 6.98. The van der Waals surface area contributed by atoms with Crippen molar-refractivity contribution in [2.24, 2.45) is 17.1 Å². The van der Waals surface area contributed by atoms with Gasteiger partial charge in [-0.25, -0.2) is 0 Å². The van der Waals surface area contributed by atoms with Crippen molar-refractivity contribution in [1.29, 1.82) is 0 Å². The van der Waals surface area contributed by atoms with E-state index < -0.39 is 11.5 Å². The Morgan fingerprint density at radius 2 is 2.06 bits per heavy atom. The van der Waals surface area contributed by atoms with Crippen molar-refractivity contribution in [2.75, 3.05) is 13.1 Å². The van der Waals surface area contributed by atoms with Gasteiger partial charge >= 0.3 is 5.97 Å². The van der Waals surface area contributed by atoms with Crippen molar-refractivity contribution in [2.45, 2.75) is 58.0 Å². The Labute approximate surface area is 110 Å². The highest BCUT2D eigenvalue weighted by Gasteiger charge is 2.45. The molecule has 0 aromatic carbocycles. The van der Waals surface area contributed by atoms with Crippen molar-refractivity contribution in [3.8, 4) is 0 Å². The van der Waals surface area contributed by atoms with Crippen LogP contribution < -0.4 is 5.73 Å². The zero-order valence-corrected chi connectivity index (χ0v) is 11.8. The van der Waals surface area contributed by atoms with E-state index >= 15 is 0 Å². The van der Waals surface area contributed by atoms with Crippen LogP contribution in [-0.4, -0.2) is 40.6 Å². The smallest absolute Gasteiger partial charge is 0.325 e. The lowest BCUT2D eigenvalue weighted by molar-refractivity contribution is -0.142. The minimum absolute atomic E-state index is 0.366. The highest BCUT2D eigenvalue weighted by Crippen LogP contribution is 2.41. The van der Waals surface area contributed by atoms with Crippen LogP contribution in [0.5, 0.6) is 0 Å². The van der Waals surface area contributed by atoms with Crippen LogP contribution in [0.25, 0.3) is 0 Å². The summed E-state index contributed by atoms with van der Waals surface area (Å²) in [5.41, 5.74) is 5.30. The van der Waals surface area contributed by atoms with E-state index in [4.69, 9.17) is 5.73 Å². The molecule has 104 valence electrons. The van der Waals surface area contributed by atoms with E-state index in [2.05, 4.69) is 25.7 Å². The standard InChI is InChI=1S/C14H26N2O2/c1-10-6-11(8-13(2,3)7-10)16-5-4-14(15,9-16)12(17)18/h10-11H,4-9,15H2,1-3H3,(H,17,18). The lowest BCUT2D eigenvalue weighted by atomic mass is 9.70. The Morgan fingerprint density at radius 1 is 1.39 bits per heavy atom. The second-order valence-electron chi connectivity index (χ2n) is 7.25. The molecule has 0 amide bonds. The molecule has 1 saturated heterocycles. The van der Waals surface area contributed by atoms with Crippen LogP contribution in [0.3, 0.4) is 0 Å². The molecule has 2 aliphatic rings. The summed E-state index contributed by atoms with van der Waals surface area (Å²) < 4.78 is 0. The van der Waals surface area contributed by atoms with Crippen molar-refractivity contribution in [1.82, 2.24) is 4.90 Å². The van der Waals surface area contributed by atoms with Crippen LogP contribution in [0.2, 0.25) is 0 Å². The van der Waals surface area contributed by atoms with Crippen molar-refractivity contribution in [3.63, 3.8) is 0 Å². The second kappa shape index (κ2) is 4.49. The van der Waals surface area contributed by atoms with E-state index in [0.29, 0.717) is 24.4 Å². The topological polar surface area (TPSA) is 66.6 Å². The lowest BCUT2D eigenvalue weighted by Gasteiger charge is -2.43. The fourth-order valence-electron chi connectivity index (χ4n) is 3.92. The molecular weight excluding hydrogens is 228 g/mol. The van der Waals surface area contributed by atoms with E-state index in [0.717, 1.165) is 18.9 Å². The number of nitrogens with two attached hydrogens (primary N) is 1. The molecular formula is C14H26N2O2. The number of nitrogens with zero attached hydrogens (tertiary/aromatic N) is 1. The summed E-state index contributed by atoms with van der Waals surface area (Å²) in [6.45, 7) is 8.28. The average molecular weight is 254 g/mol. The van der Waals surface area contributed by atoms with E-state index in [1.807, 2.05) is 0 Å². The first kappa shape index (κ1) is 13.8. The molecule has 18 heavy (non-hydrogen) atoms. The number of aliphatic carboxylic acids is 1. The minimum atomic E-state index is -1.02. The number of hydrogen-bond acceptors (Lipinski definition) is 3. The maximum atomic E-state index is 11.2. The molecule has 3 atom stereocenters. The quantitative estimate of drug-likeness (QED) is 0.787. The van der Waals surface area contributed by atoms with Gasteiger partial charge in [0.25, 0.3) is 0 Å². The van der Waals surface area contributed by atoms with E-state index in [9.17, 15) is 9.90 Å². The van der Waals surface area contributed by atoms with E-state index in [-0.39, 0.29) is 0 Å². The summed E-state index contributed by atoms with van der Waals surface area (Å²) >= 11 is 0. The van der Waals surface area contributed by atoms with Crippen molar-refractivity contribution >= 4 is 5.97 Å². The number of likely N-dealkylation sites (tertiary alicyclic amines) is 1. The van der Waals surface area contributed by atoms with Gasteiger partial charge in [0.2, 0.25) is 0 Å². The molecule has 4 heteroatoms. The number of carboxylic acid groups (broad SMARTS) is 1. The molecule has 2 fully saturated rings. The molecule has 1 aliphatic heterocycles. The first-order valence-electron chi connectivity index (χ1n) is 6.98. The third-order valence-corrected chi connectivity index (χ3v) is 4.64. The van der Waals surface area contributed by atoms with Crippen LogP contribution in [-0.2, 0) is 4.79 Å². The lowest BCUT2D eigenvalue weighted by Crippen LogP contribution is -2.52. The molecule has 3 N–H and O–H groups in total. The molecule has 0 spiro atoms. The minimum Gasteiger partial charge on any atom is -0.480 e. The Morgan fingerprint density at radius 3 is 2.56 bits per heavy atom. The molecule has 0 bridgehead atoms. The molecule has 1 aliphatic carbocycles. The van der Waals surface area contributed by atoms with E-state index in [1.165, 1.54) is 12.8 Å². The van der Waals surface area contributed by atoms with Gasteiger partial charge in [-0.2, -0.15) is 0 Å². The number of rotatable bonds is 2. The molecule has 0 aromatic heterocycles. The Kier molecular flexibility index (Phi) is 3.45. The van der Waals surface area contributed by atoms with Gasteiger partial charge in [-0.05, 0) is 37.0 Å². The van der Waals surface area contributed by atoms with Gasteiger partial charge in [0.05, 0.1) is 0 Å². The Hall–Kier alpha value is -0.610. The Bertz CT molecular complexity index is 343. The van der Waals surface area contributed by atoms with Gasteiger partial charge in [-0.1, -0.05) is 20.8 Å². The zero-order chi connectivity index (χ0) is 13.6. The molecule has 2 rings (SSSR count). The molecule has 0 aromatic rings. The summed E-state index contributed by atoms with van der Waals surface area (Å²) in [7, 11) is 0. The van der Waals surface area contributed by atoms with Gasteiger partial charge < -0.3 is 10.8 Å². The highest BCUT2D eigenvalue weighted by molar-refractivity contribution is 5.79. The van der Waals surface area contributed by atoms with Crippen molar-refractivity contribution in [3.05, 3.63) is 0 Å². The van der Waals surface area contributed by atoms with Crippen molar-refractivity contribution < 1.29 is 9.90 Å². The largest absolute Gasteiger partial charge is 0.480 e. The summed E-state index contributed by atoms with van der Waals surface area (Å²) in [5.74, 6) is -0.135. The molecule has 0 radical (unpaired) electrons. The molecule has 1 saturated carbocycles. The van der Waals surface area contributed by atoms with Gasteiger partial charge in [-0.3, -0.25) is 9.69 Å². The first-order chi connectivity index (χ1) is 8.22. The molecule has 1 heterocycles. The number of carbonyl (C=O) groups is 1. The van der Waals surface area contributed by atoms with Gasteiger partial charge in [0, 0.05) is 19.1 Å². The van der Waals surface area contributed by atoms with Gasteiger partial charge in [0.1, 0.15) is 5.54 Å². The summed E-state index contributed by atoms with van der Waals surface area (Å²) in [6, 6.07) is 0.508. The van der Waals surface area contributed by atoms with Gasteiger partial charge in [-0.15, -0.1) is 0 Å². The number of carboxylic acids is 1. The maximum absolute atomic E-state index is 11.2. The Balaban J connectivity index is 2.03. The predicted octanol–water partition coefficient (Wildman–Crippen LogP) is 1.69. The predicted molar refractivity (Wildman–Crippen MR) is 71.3 cm³/mol. The van der Waals surface area contributed by atoms with Crippen LogP contribution in [0.1, 0.15) is 46.5 Å². The molecule has 3 unspecified atom stereocenters. The zero-order valence-electron chi connectivity index (χ0n) is 11.8. The number of hydrogen-bond donors (Lipinski definition) is 2. The average Bonchev–Trinajstić information content (AvgIpc) is 2.59. The third kappa shape index (κ3) is 2.69. The fourth-order valence-corrected chi connectivity index (χ4v) is 3.92. The summed E-state index contributed by atoms with van der Waals surface area (Å²) in [6.07, 6.45) is 4.18. The van der Waals surface area contributed by atoms with E-state index in [1.54, 1.807) is 0 Å². The highest BCUT2D eigenvalue weighted by atomic mass is 16.4. The maximum Gasteiger partial charge on any atom is 0.325 e. The normalized spacial score (nSPS) is 40.9. The third-order valence-electron chi connectivity index (χ3n) is 4.64. The fraction of sp³-hybridized carbons (Fsp3) is 0.929. The second-order valence-corrected chi connectivity index (χ2v) is 7.25. The van der Waals surface area contributed by atoms with Gasteiger partial charge in [0.15, 0.2) is 0 Å². The van der Waals surface area contributed by atoms with Crippen LogP contribution in [0.15, 0.2) is 0 Å². The van der Waals surface area contributed by atoms with Crippen LogP contribution in [0, 0.1) is 11.3 Å². The van der Waals surface area contributed by atoms with Crippen LogP contribution in [0.4, 0.5) is 0 Å².